The van der Waals surface area contributed by atoms with Crippen molar-refractivity contribution in [1.29, 1.82) is 0 Å². The fraction of sp³-hybridized carbons (Fsp3) is 0.133. The van der Waals surface area contributed by atoms with Gasteiger partial charge in [0, 0.05) is 0 Å². The fourth-order valence-electron chi connectivity index (χ4n) is 2.11. The lowest BCUT2D eigenvalue weighted by molar-refractivity contribution is -0.139. The summed E-state index contributed by atoms with van der Waals surface area (Å²) in [6.45, 7) is 1.10. The van der Waals surface area contributed by atoms with Crippen molar-refractivity contribution in [2.45, 2.75) is 6.54 Å². The molecular formula is C15H14N2O. The number of hydrogen-bond donors (Lipinski definition) is 0. The number of nitrogens with zero attached hydrogens (tertiary/aromatic N) is 2. The number of amides is 1. The molecule has 0 aromatic heterocycles. The first-order valence-corrected chi connectivity index (χ1v) is 6.01. The Balaban J connectivity index is 1.77. The molecule has 0 N–H and O–H groups in total. The van der Waals surface area contributed by atoms with E-state index in [4.69, 9.17) is 0 Å². The van der Waals surface area contributed by atoms with E-state index in [9.17, 15) is 4.79 Å². The van der Waals surface area contributed by atoms with Crippen LogP contribution in [0.3, 0.4) is 0 Å². The van der Waals surface area contributed by atoms with Gasteiger partial charge in [-0.3, -0.25) is 9.80 Å². The predicted octanol–water partition coefficient (Wildman–Crippen LogP) is 2.45. The maximum absolute atomic E-state index is 11.7. The van der Waals surface area contributed by atoms with Crippen molar-refractivity contribution in [3.63, 3.8) is 0 Å². The first kappa shape index (κ1) is 10.8. The van der Waals surface area contributed by atoms with Gasteiger partial charge in [0.05, 0.1) is 12.2 Å². The summed E-state index contributed by atoms with van der Waals surface area (Å²) in [5.41, 5.74) is 2.21. The largest absolute Gasteiger partial charge is 0.273 e. The van der Waals surface area contributed by atoms with Crippen LogP contribution in [0.4, 0.5) is 5.69 Å². The van der Waals surface area contributed by atoms with Crippen LogP contribution in [0, 0.1) is 0 Å². The zero-order valence-electron chi connectivity index (χ0n) is 9.99. The summed E-state index contributed by atoms with van der Waals surface area (Å²) in [5, 5.41) is 3.79. The Morgan fingerprint density at radius 1 is 0.889 bits per heavy atom. The highest BCUT2D eigenvalue weighted by atomic mass is 16.2. The third-order valence-corrected chi connectivity index (χ3v) is 3.09. The summed E-state index contributed by atoms with van der Waals surface area (Å²) in [7, 11) is 0. The number of carbonyl (C=O) groups excluding carboxylic acids is 1. The summed E-state index contributed by atoms with van der Waals surface area (Å²) in [6.07, 6.45) is 0. The molecule has 2 aromatic rings. The standard InChI is InChI=1S/C15H14N2O/c18-15-12-16(14-9-5-2-6-10-14)17(15)11-13-7-3-1-4-8-13/h1-10H,11-12H2. The first-order chi connectivity index (χ1) is 8.84. The molecule has 1 saturated heterocycles. The predicted molar refractivity (Wildman–Crippen MR) is 70.8 cm³/mol. The monoisotopic (exact) mass is 238 g/mol. The molecule has 18 heavy (non-hydrogen) atoms. The van der Waals surface area contributed by atoms with E-state index in [1.807, 2.05) is 65.7 Å². The number of benzene rings is 2. The van der Waals surface area contributed by atoms with Gasteiger partial charge in [-0.15, -0.1) is 0 Å². The third kappa shape index (κ3) is 1.95. The van der Waals surface area contributed by atoms with E-state index in [1.54, 1.807) is 5.01 Å². The molecule has 1 aliphatic heterocycles. The molecule has 0 unspecified atom stereocenters. The second kappa shape index (κ2) is 4.53. The van der Waals surface area contributed by atoms with Crippen molar-refractivity contribution in [2.75, 3.05) is 11.6 Å². The Bertz CT molecular complexity index is 539. The molecule has 0 aliphatic carbocycles. The van der Waals surface area contributed by atoms with Crippen molar-refractivity contribution in [2.24, 2.45) is 0 Å². The Kier molecular flexibility index (Phi) is 2.73. The van der Waals surface area contributed by atoms with Crippen LogP contribution in [0.15, 0.2) is 60.7 Å². The van der Waals surface area contributed by atoms with E-state index in [2.05, 4.69) is 0 Å². The zero-order valence-corrected chi connectivity index (χ0v) is 9.99. The Labute approximate surface area is 106 Å². The van der Waals surface area contributed by atoms with Gasteiger partial charge in [0.1, 0.15) is 6.54 Å². The minimum Gasteiger partial charge on any atom is -0.273 e. The molecule has 0 spiro atoms. The minimum absolute atomic E-state index is 0.169. The molecule has 0 saturated carbocycles. The number of hydrazine groups is 1. The quantitative estimate of drug-likeness (QED) is 0.820. The number of carbonyl (C=O) groups is 1. The van der Waals surface area contributed by atoms with Crippen molar-refractivity contribution >= 4 is 11.6 Å². The number of hydrogen-bond acceptors (Lipinski definition) is 2. The lowest BCUT2D eigenvalue weighted by Crippen LogP contribution is -2.61. The van der Waals surface area contributed by atoms with E-state index >= 15 is 0 Å². The molecule has 1 aliphatic rings. The maximum atomic E-state index is 11.7. The molecule has 1 amide bonds. The average molecular weight is 238 g/mol. The van der Waals surface area contributed by atoms with Crippen LogP contribution in [0.25, 0.3) is 0 Å². The van der Waals surface area contributed by atoms with Crippen LogP contribution in [-0.2, 0) is 11.3 Å². The molecule has 3 nitrogen and oxygen atoms in total. The topological polar surface area (TPSA) is 23.6 Å². The molecule has 3 rings (SSSR count). The van der Waals surface area contributed by atoms with E-state index in [0.717, 1.165) is 11.3 Å². The Morgan fingerprint density at radius 2 is 1.50 bits per heavy atom. The molecule has 1 heterocycles. The number of anilines is 1. The first-order valence-electron chi connectivity index (χ1n) is 6.01. The molecule has 0 radical (unpaired) electrons. The van der Waals surface area contributed by atoms with Crippen molar-refractivity contribution in [1.82, 2.24) is 5.01 Å². The van der Waals surface area contributed by atoms with Crippen molar-refractivity contribution in [3.8, 4) is 0 Å². The molecule has 90 valence electrons. The highest BCUT2D eigenvalue weighted by Gasteiger charge is 2.33. The van der Waals surface area contributed by atoms with Crippen LogP contribution >= 0.6 is 0 Å². The van der Waals surface area contributed by atoms with Crippen molar-refractivity contribution in [3.05, 3.63) is 66.2 Å². The second-order valence-corrected chi connectivity index (χ2v) is 4.33. The summed E-state index contributed by atoms with van der Waals surface area (Å²) in [6, 6.07) is 20.0. The minimum atomic E-state index is 0.169. The lowest BCUT2D eigenvalue weighted by Gasteiger charge is -2.44. The van der Waals surface area contributed by atoms with E-state index < -0.39 is 0 Å². The smallest absolute Gasteiger partial charge is 0.263 e. The van der Waals surface area contributed by atoms with Gasteiger partial charge in [0.2, 0.25) is 0 Å². The molecule has 0 bridgehead atoms. The van der Waals surface area contributed by atoms with Crippen LogP contribution in [0.5, 0.6) is 0 Å². The van der Waals surface area contributed by atoms with Crippen molar-refractivity contribution < 1.29 is 4.79 Å². The van der Waals surface area contributed by atoms with Gasteiger partial charge < -0.3 is 0 Å². The normalized spacial score (nSPS) is 14.6. The molecule has 1 fully saturated rings. The zero-order chi connectivity index (χ0) is 12.4. The Morgan fingerprint density at radius 3 is 2.11 bits per heavy atom. The van der Waals surface area contributed by atoms with Gasteiger partial charge in [-0.25, -0.2) is 5.01 Å². The summed E-state index contributed by atoms with van der Waals surface area (Å²) < 4.78 is 0. The third-order valence-electron chi connectivity index (χ3n) is 3.09. The van der Waals surface area contributed by atoms with Gasteiger partial charge in [-0.05, 0) is 17.7 Å². The van der Waals surface area contributed by atoms with Crippen LogP contribution < -0.4 is 5.01 Å². The highest BCUT2D eigenvalue weighted by molar-refractivity contribution is 5.89. The highest BCUT2D eigenvalue weighted by Crippen LogP contribution is 2.24. The Hall–Kier alpha value is -2.29. The molecule has 3 heteroatoms. The summed E-state index contributed by atoms with van der Waals surface area (Å²) >= 11 is 0. The summed E-state index contributed by atoms with van der Waals surface area (Å²) in [5.74, 6) is 0.169. The average Bonchev–Trinajstić information content (AvgIpc) is 2.44. The van der Waals surface area contributed by atoms with Gasteiger partial charge in [0.25, 0.3) is 5.91 Å². The van der Waals surface area contributed by atoms with E-state index in [0.29, 0.717) is 13.1 Å². The lowest BCUT2D eigenvalue weighted by atomic mass is 10.2. The maximum Gasteiger partial charge on any atom is 0.263 e. The SMILES string of the molecule is O=C1CN(c2ccccc2)N1Cc1ccccc1. The van der Waals surface area contributed by atoms with Gasteiger partial charge in [-0.2, -0.15) is 0 Å². The number of rotatable bonds is 3. The second-order valence-electron chi connectivity index (χ2n) is 4.33. The number of para-hydroxylation sites is 1. The van der Waals surface area contributed by atoms with Gasteiger partial charge in [0.15, 0.2) is 0 Å². The van der Waals surface area contributed by atoms with Crippen LogP contribution in [0.2, 0.25) is 0 Å². The van der Waals surface area contributed by atoms with Crippen LogP contribution in [0.1, 0.15) is 5.56 Å². The van der Waals surface area contributed by atoms with Crippen LogP contribution in [-0.4, -0.2) is 17.5 Å². The van der Waals surface area contributed by atoms with E-state index in [1.165, 1.54) is 0 Å². The molecule has 0 atom stereocenters. The summed E-state index contributed by atoms with van der Waals surface area (Å²) in [4.78, 5) is 11.7. The molecular weight excluding hydrogens is 224 g/mol. The molecule has 2 aromatic carbocycles. The van der Waals surface area contributed by atoms with Gasteiger partial charge in [-0.1, -0.05) is 48.5 Å². The van der Waals surface area contributed by atoms with E-state index in [-0.39, 0.29) is 5.91 Å². The fourth-order valence-corrected chi connectivity index (χ4v) is 2.11. The van der Waals surface area contributed by atoms with Gasteiger partial charge >= 0.3 is 0 Å².